The van der Waals surface area contributed by atoms with Crippen molar-refractivity contribution in [2.75, 3.05) is 0 Å². The molecule has 0 bridgehead atoms. The second-order valence-electron chi connectivity index (χ2n) is 5.70. The number of rotatable bonds is 2. The predicted octanol–water partition coefficient (Wildman–Crippen LogP) is 4.36. The maximum Gasteiger partial charge on any atom is 0.252 e. The highest BCUT2D eigenvalue weighted by molar-refractivity contribution is 14.1. The quantitative estimate of drug-likeness (QED) is 0.706. The third-order valence-electron chi connectivity index (χ3n) is 3.48. The zero-order valence-corrected chi connectivity index (χ0v) is 14.3. The Labute approximate surface area is 130 Å². The first kappa shape index (κ1) is 14.3. The van der Waals surface area contributed by atoms with Crippen LogP contribution in [0.15, 0.2) is 22.7 Å². The first-order valence-corrected chi connectivity index (χ1v) is 8.00. The molecule has 0 aromatic heterocycles. The van der Waals surface area contributed by atoms with Crippen LogP contribution < -0.4 is 5.32 Å². The molecule has 0 spiro atoms. The molecule has 1 amide bonds. The third-order valence-corrected chi connectivity index (χ3v) is 4.84. The maximum absolute atomic E-state index is 12.2. The fourth-order valence-corrected chi connectivity index (χ4v) is 3.41. The van der Waals surface area contributed by atoms with Gasteiger partial charge in [-0.05, 0) is 81.4 Å². The van der Waals surface area contributed by atoms with Crippen molar-refractivity contribution in [1.82, 2.24) is 5.32 Å². The van der Waals surface area contributed by atoms with Crippen molar-refractivity contribution >= 4 is 44.4 Å². The fraction of sp³-hybridized carbons (Fsp3) is 0.500. The number of nitrogens with one attached hydrogen (secondary N) is 1. The summed E-state index contributed by atoms with van der Waals surface area (Å²) < 4.78 is 1.94. The van der Waals surface area contributed by atoms with Gasteiger partial charge in [-0.25, -0.2) is 0 Å². The van der Waals surface area contributed by atoms with Crippen LogP contribution in [-0.4, -0.2) is 11.9 Å². The average Bonchev–Trinajstić information content (AvgIpc) is 2.61. The van der Waals surface area contributed by atoms with E-state index in [4.69, 9.17) is 0 Å². The lowest BCUT2D eigenvalue weighted by Crippen LogP contribution is -2.33. The molecule has 1 aliphatic rings. The second kappa shape index (κ2) is 5.49. The lowest BCUT2D eigenvalue weighted by Gasteiger charge is -2.18. The van der Waals surface area contributed by atoms with Crippen LogP contribution in [0.1, 0.15) is 43.5 Å². The number of amides is 1. The predicted molar refractivity (Wildman–Crippen MR) is 85.7 cm³/mol. The van der Waals surface area contributed by atoms with E-state index in [1.165, 1.54) is 6.42 Å². The molecule has 1 aromatic rings. The molecule has 1 fully saturated rings. The molecular weight excluding hydrogens is 405 g/mol. The molecule has 1 N–H and O–H groups in total. The highest BCUT2D eigenvalue weighted by Gasteiger charge is 2.31. The van der Waals surface area contributed by atoms with Crippen molar-refractivity contribution in [3.63, 3.8) is 0 Å². The first-order valence-electron chi connectivity index (χ1n) is 6.13. The first-order chi connectivity index (χ1) is 8.37. The number of hydrogen-bond donors (Lipinski definition) is 1. The van der Waals surface area contributed by atoms with Crippen molar-refractivity contribution in [3.05, 3.63) is 31.8 Å². The summed E-state index contributed by atoms with van der Waals surface area (Å²) in [6.45, 7) is 4.53. The summed E-state index contributed by atoms with van der Waals surface area (Å²) in [4.78, 5) is 12.2. The monoisotopic (exact) mass is 421 g/mol. The minimum absolute atomic E-state index is 0.0306. The molecule has 1 aromatic carbocycles. The van der Waals surface area contributed by atoms with Gasteiger partial charge in [0.15, 0.2) is 0 Å². The Bertz CT molecular complexity index is 473. The summed E-state index contributed by atoms with van der Waals surface area (Å²) in [7, 11) is 0. The normalized spacial score (nSPS) is 21.9. The van der Waals surface area contributed by atoms with Gasteiger partial charge in [0.05, 0.1) is 5.56 Å². The second-order valence-corrected chi connectivity index (χ2v) is 7.80. The van der Waals surface area contributed by atoms with E-state index in [9.17, 15) is 4.79 Å². The van der Waals surface area contributed by atoms with Gasteiger partial charge < -0.3 is 5.32 Å². The van der Waals surface area contributed by atoms with Gasteiger partial charge in [0.2, 0.25) is 0 Å². The van der Waals surface area contributed by atoms with Crippen molar-refractivity contribution in [3.8, 4) is 0 Å². The number of halogens is 2. The third kappa shape index (κ3) is 3.47. The number of carbonyl (C=O) groups excluding carboxylic acids is 1. The van der Waals surface area contributed by atoms with E-state index in [-0.39, 0.29) is 5.91 Å². The Morgan fingerprint density at radius 2 is 2.22 bits per heavy atom. The van der Waals surface area contributed by atoms with E-state index in [0.717, 1.165) is 26.4 Å². The molecule has 2 rings (SSSR count). The SMILES string of the molecule is CC1(C)CCC(NC(=O)c2cc(I)ccc2Br)C1. The Kier molecular flexibility index (Phi) is 4.36. The Morgan fingerprint density at radius 1 is 1.50 bits per heavy atom. The average molecular weight is 422 g/mol. The van der Waals surface area contributed by atoms with Crippen LogP contribution in [0.5, 0.6) is 0 Å². The van der Waals surface area contributed by atoms with E-state index < -0.39 is 0 Å². The molecule has 2 nitrogen and oxygen atoms in total. The molecule has 1 atom stereocenters. The summed E-state index contributed by atoms with van der Waals surface area (Å²) in [6.07, 6.45) is 3.34. The zero-order valence-electron chi connectivity index (χ0n) is 10.6. The molecule has 0 heterocycles. The summed E-state index contributed by atoms with van der Waals surface area (Å²) in [5.74, 6) is 0.0306. The van der Waals surface area contributed by atoms with Gasteiger partial charge in [0, 0.05) is 14.1 Å². The summed E-state index contributed by atoms with van der Waals surface area (Å²) in [5.41, 5.74) is 1.09. The minimum atomic E-state index is 0.0306. The van der Waals surface area contributed by atoms with Gasteiger partial charge in [-0.1, -0.05) is 13.8 Å². The van der Waals surface area contributed by atoms with Gasteiger partial charge >= 0.3 is 0 Å². The molecule has 4 heteroatoms. The molecule has 0 radical (unpaired) electrons. The lowest BCUT2D eigenvalue weighted by molar-refractivity contribution is 0.0935. The van der Waals surface area contributed by atoms with Crippen molar-refractivity contribution in [2.24, 2.45) is 5.41 Å². The highest BCUT2D eigenvalue weighted by atomic mass is 127. The van der Waals surface area contributed by atoms with Crippen molar-refractivity contribution in [1.29, 1.82) is 0 Å². The molecule has 18 heavy (non-hydrogen) atoms. The molecular formula is C14H17BrINO. The van der Waals surface area contributed by atoms with Crippen LogP contribution in [0.2, 0.25) is 0 Å². The van der Waals surface area contributed by atoms with Crippen LogP contribution in [0.3, 0.4) is 0 Å². The number of benzene rings is 1. The van der Waals surface area contributed by atoms with E-state index in [2.05, 4.69) is 57.7 Å². The van der Waals surface area contributed by atoms with Crippen LogP contribution in [0.25, 0.3) is 0 Å². The number of carbonyl (C=O) groups is 1. The molecule has 98 valence electrons. The molecule has 0 aliphatic heterocycles. The van der Waals surface area contributed by atoms with Gasteiger partial charge in [0.25, 0.3) is 5.91 Å². The molecule has 1 unspecified atom stereocenters. The van der Waals surface area contributed by atoms with Gasteiger partial charge in [0.1, 0.15) is 0 Å². The zero-order chi connectivity index (χ0) is 13.3. The van der Waals surface area contributed by atoms with Gasteiger partial charge in [-0.3, -0.25) is 4.79 Å². The molecule has 1 saturated carbocycles. The standard InChI is InChI=1S/C14H17BrINO/c1-14(2)6-5-10(8-14)17-13(18)11-7-9(16)3-4-12(11)15/h3-4,7,10H,5-6,8H2,1-2H3,(H,17,18). The number of hydrogen-bond acceptors (Lipinski definition) is 1. The summed E-state index contributed by atoms with van der Waals surface area (Å²) in [5, 5.41) is 3.15. The van der Waals surface area contributed by atoms with E-state index >= 15 is 0 Å². The largest absolute Gasteiger partial charge is 0.349 e. The summed E-state index contributed by atoms with van der Waals surface area (Å²) >= 11 is 5.66. The van der Waals surface area contributed by atoms with Crippen molar-refractivity contribution in [2.45, 2.75) is 39.2 Å². The molecule has 1 aliphatic carbocycles. The Balaban J connectivity index is 2.06. The van der Waals surface area contributed by atoms with Crippen LogP contribution >= 0.6 is 38.5 Å². The topological polar surface area (TPSA) is 29.1 Å². The van der Waals surface area contributed by atoms with Crippen LogP contribution in [0.4, 0.5) is 0 Å². The van der Waals surface area contributed by atoms with E-state index in [1.54, 1.807) is 0 Å². The van der Waals surface area contributed by atoms with E-state index in [1.807, 2.05) is 18.2 Å². The maximum atomic E-state index is 12.2. The smallest absolute Gasteiger partial charge is 0.252 e. The highest BCUT2D eigenvalue weighted by Crippen LogP contribution is 2.37. The fourth-order valence-electron chi connectivity index (χ4n) is 2.49. The summed E-state index contributed by atoms with van der Waals surface area (Å²) in [6, 6.07) is 6.15. The van der Waals surface area contributed by atoms with E-state index in [0.29, 0.717) is 11.5 Å². The Morgan fingerprint density at radius 3 is 2.83 bits per heavy atom. The van der Waals surface area contributed by atoms with Crippen LogP contribution in [-0.2, 0) is 0 Å². The lowest BCUT2D eigenvalue weighted by atomic mass is 9.92. The van der Waals surface area contributed by atoms with Gasteiger partial charge in [-0.2, -0.15) is 0 Å². The Hall–Kier alpha value is -0.100. The van der Waals surface area contributed by atoms with Gasteiger partial charge in [-0.15, -0.1) is 0 Å². The molecule has 0 saturated heterocycles. The van der Waals surface area contributed by atoms with Crippen molar-refractivity contribution < 1.29 is 4.79 Å². The van der Waals surface area contributed by atoms with Crippen LogP contribution in [0, 0.1) is 8.99 Å². The minimum Gasteiger partial charge on any atom is -0.349 e.